The highest BCUT2D eigenvalue weighted by Gasteiger charge is 2.47. The van der Waals surface area contributed by atoms with Crippen molar-refractivity contribution >= 4 is 32.8 Å². The van der Waals surface area contributed by atoms with Crippen LogP contribution in [-0.4, -0.2) is 80.0 Å². The zero-order chi connectivity index (χ0) is 33.6. The first-order valence-electron chi connectivity index (χ1n) is 14.9. The summed E-state index contributed by atoms with van der Waals surface area (Å²) in [5, 5.41) is 0. The predicted molar refractivity (Wildman–Crippen MR) is 178 cm³/mol. The van der Waals surface area contributed by atoms with E-state index in [0.717, 1.165) is 20.4 Å². The summed E-state index contributed by atoms with van der Waals surface area (Å²) in [5.41, 5.74) is -1.85. The van der Waals surface area contributed by atoms with Gasteiger partial charge in [0.15, 0.2) is 10.6 Å². The van der Waals surface area contributed by atoms with Crippen molar-refractivity contribution < 1.29 is 41.4 Å². The molecule has 0 amide bonds. The fraction of sp³-hybridized carbons (Fsp3) is 0.750. The maximum Gasteiger partial charge on any atom is 0.299 e. The molecule has 0 spiro atoms. The number of thiophene rings is 2. The van der Waals surface area contributed by atoms with Crippen molar-refractivity contribution in [1.29, 1.82) is 0 Å². The van der Waals surface area contributed by atoms with E-state index in [1.807, 2.05) is 20.8 Å². The Kier molecular flexibility index (Phi) is 13.8. The van der Waals surface area contributed by atoms with E-state index < -0.39 is 26.4 Å². The van der Waals surface area contributed by atoms with Gasteiger partial charge in [-0.3, -0.25) is 4.55 Å². The van der Waals surface area contributed by atoms with E-state index in [2.05, 4.69) is 54.5 Å². The van der Waals surface area contributed by atoms with Crippen LogP contribution in [0, 0.1) is 0 Å². The lowest BCUT2D eigenvalue weighted by Crippen LogP contribution is -2.39. The Morgan fingerprint density at radius 3 is 1.57 bits per heavy atom. The van der Waals surface area contributed by atoms with Gasteiger partial charge in [0, 0.05) is 34.8 Å². The van der Waals surface area contributed by atoms with E-state index in [4.69, 9.17) is 28.4 Å². The molecular weight excluding hydrogens is 625 g/mol. The molecule has 1 N–H and O–H groups in total. The maximum absolute atomic E-state index is 12.9. The van der Waals surface area contributed by atoms with Gasteiger partial charge in [-0.05, 0) is 16.9 Å². The third-order valence-electron chi connectivity index (χ3n) is 7.71. The van der Waals surface area contributed by atoms with E-state index in [-0.39, 0.29) is 29.3 Å². The van der Waals surface area contributed by atoms with E-state index >= 15 is 0 Å². The minimum Gasteiger partial charge on any atom is -0.490 e. The molecule has 2 aromatic heterocycles. The Morgan fingerprint density at radius 2 is 1.11 bits per heavy atom. The molecule has 254 valence electrons. The van der Waals surface area contributed by atoms with Crippen molar-refractivity contribution in [3.8, 4) is 11.5 Å². The van der Waals surface area contributed by atoms with E-state index in [0.29, 0.717) is 44.5 Å². The van der Waals surface area contributed by atoms with Crippen LogP contribution in [0.4, 0.5) is 0 Å². The number of methoxy groups -OCH3 is 2. The van der Waals surface area contributed by atoms with Crippen LogP contribution in [0.5, 0.6) is 11.5 Å². The first kappa shape index (κ1) is 38.9. The van der Waals surface area contributed by atoms with Crippen molar-refractivity contribution in [2.75, 3.05) is 67.1 Å². The molecule has 44 heavy (non-hydrogen) atoms. The second kappa shape index (κ2) is 15.6. The quantitative estimate of drug-likeness (QED) is 0.132. The fourth-order valence-electron chi connectivity index (χ4n) is 4.48. The summed E-state index contributed by atoms with van der Waals surface area (Å²) in [6.07, 6.45) is 0. The number of hydrogen-bond donors (Lipinski definition) is 1. The molecule has 0 unspecified atom stereocenters. The first-order valence-corrected chi connectivity index (χ1v) is 18.0. The molecule has 0 bridgehead atoms. The molecule has 0 atom stereocenters. The smallest absolute Gasteiger partial charge is 0.299 e. The second-order valence-corrected chi connectivity index (χ2v) is 17.3. The Hall–Kier alpha value is -1.25. The van der Waals surface area contributed by atoms with Gasteiger partial charge in [-0.15, -0.1) is 22.7 Å². The molecule has 2 heterocycles. The molecule has 12 heteroatoms. The van der Waals surface area contributed by atoms with Gasteiger partial charge < -0.3 is 28.4 Å². The van der Waals surface area contributed by atoms with Crippen LogP contribution in [-0.2, 0) is 50.7 Å². The Bertz CT molecular complexity index is 1290. The van der Waals surface area contributed by atoms with Crippen LogP contribution in [0.25, 0.3) is 0 Å². The molecule has 2 aromatic rings. The van der Waals surface area contributed by atoms with Crippen molar-refractivity contribution in [2.45, 2.75) is 95.8 Å². The number of rotatable bonds is 18. The van der Waals surface area contributed by atoms with Crippen LogP contribution in [0.1, 0.15) is 88.7 Å². The lowest BCUT2D eigenvalue weighted by atomic mass is 9.66. The largest absolute Gasteiger partial charge is 0.490 e. The van der Waals surface area contributed by atoms with Crippen LogP contribution < -0.4 is 9.47 Å². The zero-order valence-corrected chi connectivity index (χ0v) is 31.1. The number of hydrogen-bond acceptors (Lipinski definition) is 10. The SMILES string of the molecule is COCCOCCOc1cc(C(C)(C)C(C)(C)c2sc(C(C)(C)C)c(S(=O)(=O)O)c2OCCOCCOC)sc1C(C)(C)C. The van der Waals surface area contributed by atoms with Crippen molar-refractivity contribution in [2.24, 2.45) is 0 Å². The second-order valence-electron chi connectivity index (χ2n) is 13.9. The highest BCUT2D eigenvalue weighted by atomic mass is 32.2. The van der Waals surface area contributed by atoms with Crippen LogP contribution in [0.15, 0.2) is 11.0 Å². The molecule has 0 aliphatic heterocycles. The minimum absolute atomic E-state index is 0.119. The van der Waals surface area contributed by atoms with E-state index in [1.54, 1.807) is 25.6 Å². The summed E-state index contributed by atoms with van der Waals surface area (Å²) < 4.78 is 70.0. The average Bonchev–Trinajstić information content (AvgIpc) is 3.51. The fourth-order valence-corrected chi connectivity index (χ4v) is 8.80. The molecule has 0 radical (unpaired) electrons. The highest BCUT2D eigenvalue weighted by Crippen LogP contribution is 2.56. The lowest BCUT2D eigenvalue weighted by molar-refractivity contribution is 0.0535. The Labute approximate surface area is 273 Å². The Morgan fingerprint density at radius 1 is 0.636 bits per heavy atom. The minimum atomic E-state index is -4.60. The first-order chi connectivity index (χ1) is 20.2. The molecule has 0 fully saturated rings. The maximum atomic E-state index is 12.9. The van der Waals surface area contributed by atoms with Gasteiger partial charge in [0.25, 0.3) is 10.1 Å². The Balaban J connectivity index is 2.60. The summed E-state index contributed by atoms with van der Waals surface area (Å²) in [6, 6.07) is 2.11. The molecule has 0 saturated heterocycles. The monoisotopic (exact) mass is 678 g/mol. The summed E-state index contributed by atoms with van der Waals surface area (Å²) >= 11 is 3.08. The third kappa shape index (κ3) is 9.63. The highest BCUT2D eigenvalue weighted by molar-refractivity contribution is 7.86. The van der Waals surface area contributed by atoms with Crippen molar-refractivity contribution in [3.63, 3.8) is 0 Å². The predicted octanol–water partition coefficient (Wildman–Crippen LogP) is 6.99. The molecule has 9 nitrogen and oxygen atoms in total. The molecule has 0 aliphatic rings. The van der Waals surface area contributed by atoms with Gasteiger partial charge in [-0.25, -0.2) is 0 Å². The zero-order valence-electron chi connectivity index (χ0n) is 28.7. The van der Waals surface area contributed by atoms with Crippen molar-refractivity contribution in [3.05, 3.63) is 25.6 Å². The topological polar surface area (TPSA) is 110 Å². The van der Waals surface area contributed by atoms with Gasteiger partial charge in [0.1, 0.15) is 19.0 Å². The van der Waals surface area contributed by atoms with Crippen molar-refractivity contribution in [1.82, 2.24) is 0 Å². The molecule has 0 saturated carbocycles. The molecular formula is C32H54O9S3. The molecule has 0 aliphatic carbocycles. The summed E-state index contributed by atoms with van der Waals surface area (Å²) in [4.78, 5) is 3.35. The summed E-state index contributed by atoms with van der Waals surface area (Å²) in [5.74, 6) is 1.01. The van der Waals surface area contributed by atoms with Crippen LogP contribution >= 0.6 is 22.7 Å². The van der Waals surface area contributed by atoms with Crippen LogP contribution in [0.2, 0.25) is 0 Å². The average molecular weight is 679 g/mol. The van der Waals surface area contributed by atoms with Gasteiger partial charge in [0.2, 0.25) is 0 Å². The van der Waals surface area contributed by atoms with E-state index in [1.165, 1.54) is 11.3 Å². The standard InChI is InChI=1S/C32H54O9S3/c1-29(2,3)26-22(40-19-17-38-15-13-36-11)21-23(42-26)31(7,8)32(9,10)27-24(41-20-18-39-16-14-37-12)25(44(33,34)35)28(43-27)30(4,5)6/h21H,13-20H2,1-12H3,(H,33,34,35). The van der Waals surface area contributed by atoms with Gasteiger partial charge in [-0.2, -0.15) is 8.42 Å². The van der Waals surface area contributed by atoms with Gasteiger partial charge in [-0.1, -0.05) is 69.2 Å². The third-order valence-corrected chi connectivity index (χ3v) is 12.5. The lowest BCUT2D eigenvalue weighted by Gasteiger charge is -2.41. The normalized spacial score (nSPS) is 13.5. The summed E-state index contributed by atoms with van der Waals surface area (Å²) in [6.45, 7) is 23.9. The van der Waals surface area contributed by atoms with E-state index in [9.17, 15) is 13.0 Å². The summed E-state index contributed by atoms with van der Waals surface area (Å²) in [7, 11) is -1.36. The molecule has 2 rings (SSSR count). The molecule has 0 aromatic carbocycles. The van der Waals surface area contributed by atoms with Crippen LogP contribution in [0.3, 0.4) is 0 Å². The van der Waals surface area contributed by atoms with Gasteiger partial charge >= 0.3 is 0 Å². The number of ether oxygens (including phenoxy) is 6. The van der Waals surface area contributed by atoms with Gasteiger partial charge in [0.05, 0.1) is 49.4 Å².